The number of rotatable bonds is 3. The third kappa shape index (κ3) is 2.25. The minimum absolute atomic E-state index is 0.0724. The van der Waals surface area contributed by atoms with Crippen LogP contribution >= 0.6 is 0 Å². The van der Waals surface area contributed by atoms with E-state index >= 15 is 0 Å². The fourth-order valence-corrected chi connectivity index (χ4v) is 7.10. The molecule has 4 aliphatic rings. The Balaban J connectivity index is 1.31. The van der Waals surface area contributed by atoms with Crippen molar-refractivity contribution in [1.29, 1.82) is 0 Å². The third-order valence-corrected chi connectivity index (χ3v) is 8.22. The van der Waals surface area contributed by atoms with Gasteiger partial charge in [0.1, 0.15) is 5.56 Å². The molecule has 4 saturated carbocycles. The molecule has 0 aromatic carbocycles. The van der Waals surface area contributed by atoms with Crippen molar-refractivity contribution in [2.75, 3.05) is 0 Å². The normalized spacial score (nSPS) is 39.4. The molecule has 6 rings (SSSR count). The predicted molar refractivity (Wildman–Crippen MR) is 107 cm³/mol. The SMILES string of the molecule is CC(C)(C)n1ncc(C(=O)NC2CC34CC3(O)CC3CC2C4C3)c1-n1cccn1. The number of carbonyl (C=O) groups excluding carboxylic acids is 1. The molecule has 2 aromatic heterocycles. The van der Waals surface area contributed by atoms with E-state index in [1.54, 1.807) is 17.1 Å². The lowest BCUT2D eigenvalue weighted by molar-refractivity contribution is 0.0334. The summed E-state index contributed by atoms with van der Waals surface area (Å²) in [5.41, 5.74) is -0.0968. The van der Waals surface area contributed by atoms with Gasteiger partial charge in [-0.15, -0.1) is 0 Å². The van der Waals surface area contributed by atoms with Gasteiger partial charge in [0.25, 0.3) is 5.91 Å². The Bertz CT molecular complexity index is 990. The molecule has 0 saturated heterocycles. The number of nitrogens with zero attached hydrogens (tertiary/aromatic N) is 4. The largest absolute Gasteiger partial charge is 0.389 e. The van der Waals surface area contributed by atoms with Crippen LogP contribution in [0.15, 0.2) is 24.7 Å². The van der Waals surface area contributed by atoms with E-state index in [0.29, 0.717) is 29.1 Å². The molecule has 2 bridgehead atoms. The maximum Gasteiger partial charge on any atom is 0.256 e. The number of aliphatic hydroxyl groups is 1. The van der Waals surface area contributed by atoms with Gasteiger partial charge in [-0.3, -0.25) is 4.79 Å². The first kappa shape index (κ1) is 17.7. The number of hydrogen-bond acceptors (Lipinski definition) is 4. The van der Waals surface area contributed by atoms with E-state index in [0.717, 1.165) is 25.7 Å². The van der Waals surface area contributed by atoms with Crippen LogP contribution in [0.3, 0.4) is 0 Å². The van der Waals surface area contributed by atoms with E-state index in [4.69, 9.17) is 0 Å². The van der Waals surface area contributed by atoms with Crippen molar-refractivity contribution in [2.45, 2.75) is 70.1 Å². The van der Waals surface area contributed by atoms with Crippen molar-refractivity contribution in [3.05, 3.63) is 30.2 Å². The summed E-state index contributed by atoms with van der Waals surface area (Å²) >= 11 is 0. The monoisotopic (exact) mass is 395 g/mol. The first-order valence-electron chi connectivity index (χ1n) is 10.8. The predicted octanol–water partition coefficient (Wildman–Crippen LogP) is 2.49. The molecule has 1 amide bonds. The Morgan fingerprint density at radius 1 is 1.28 bits per heavy atom. The minimum Gasteiger partial charge on any atom is -0.389 e. The van der Waals surface area contributed by atoms with Crippen LogP contribution in [0.25, 0.3) is 5.82 Å². The Morgan fingerprint density at radius 2 is 2.10 bits per heavy atom. The van der Waals surface area contributed by atoms with E-state index in [2.05, 4.69) is 36.3 Å². The summed E-state index contributed by atoms with van der Waals surface area (Å²) in [5, 5.41) is 23.2. The second kappa shape index (κ2) is 5.31. The molecular weight excluding hydrogens is 366 g/mol. The molecule has 6 atom stereocenters. The average Bonchev–Trinajstić information content (AvgIpc) is 3.19. The Labute approximate surface area is 170 Å². The van der Waals surface area contributed by atoms with Crippen molar-refractivity contribution in [3.63, 3.8) is 0 Å². The Morgan fingerprint density at radius 3 is 2.83 bits per heavy atom. The number of hydrogen-bond donors (Lipinski definition) is 2. The van der Waals surface area contributed by atoms with Crippen LogP contribution in [0.5, 0.6) is 0 Å². The van der Waals surface area contributed by atoms with Crippen molar-refractivity contribution >= 4 is 5.91 Å². The van der Waals surface area contributed by atoms with Crippen LogP contribution in [0, 0.1) is 23.2 Å². The van der Waals surface area contributed by atoms with E-state index in [-0.39, 0.29) is 22.9 Å². The number of fused-ring (bicyclic) bond motifs is 1. The molecule has 2 heterocycles. The molecule has 154 valence electrons. The maximum absolute atomic E-state index is 13.4. The van der Waals surface area contributed by atoms with Crippen molar-refractivity contribution in [1.82, 2.24) is 24.9 Å². The highest BCUT2D eigenvalue weighted by molar-refractivity contribution is 5.97. The van der Waals surface area contributed by atoms with Crippen molar-refractivity contribution in [3.8, 4) is 5.82 Å². The van der Waals surface area contributed by atoms with E-state index in [9.17, 15) is 9.90 Å². The zero-order valence-corrected chi connectivity index (χ0v) is 17.3. The maximum atomic E-state index is 13.4. The van der Waals surface area contributed by atoms with Crippen LogP contribution in [-0.2, 0) is 5.54 Å². The molecule has 7 nitrogen and oxygen atoms in total. The number of nitrogens with one attached hydrogen (secondary N) is 1. The number of amides is 1. The van der Waals surface area contributed by atoms with Gasteiger partial charge in [-0.05, 0) is 76.7 Å². The van der Waals surface area contributed by atoms with Gasteiger partial charge >= 0.3 is 0 Å². The van der Waals surface area contributed by atoms with E-state index in [1.807, 2.05) is 16.9 Å². The van der Waals surface area contributed by atoms with Crippen LogP contribution < -0.4 is 5.32 Å². The van der Waals surface area contributed by atoms with Crippen molar-refractivity contribution in [2.24, 2.45) is 23.2 Å². The molecule has 2 aromatic rings. The van der Waals surface area contributed by atoms with Gasteiger partial charge in [0, 0.05) is 23.9 Å². The summed E-state index contributed by atoms with van der Waals surface area (Å²) in [6, 6.07) is 2.00. The molecule has 7 heteroatoms. The molecule has 29 heavy (non-hydrogen) atoms. The van der Waals surface area contributed by atoms with Crippen LogP contribution in [0.1, 0.15) is 63.2 Å². The molecule has 4 fully saturated rings. The summed E-state index contributed by atoms with van der Waals surface area (Å²) in [6.45, 7) is 6.20. The number of carbonyl (C=O) groups is 1. The standard InChI is InChI=1S/C22H29N5O2/c1-20(2,3)27-19(26-6-4-5-23-26)15(11-24-27)18(28)25-17-10-21-12-22(21,29)9-13-7-14(17)16(21)8-13/h4-6,11,13-14,16-17,29H,7-10,12H2,1-3H3,(H,25,28). The zero-order valence-electron chi connectivity index (χ0n) is 17.3. The number of aromatic nitrogens is 4. The average molecular weight is 396 g/mol. The lowest BCUT2D eigenvalue weighted by atomic mass is 9.78. The summed E-state index contributed by atoms with van der Waals surface area (Å²) < 4.78 is 3.59. The summed E-state index contributed by atoms with van der Waals surface area (Å²) in [4.78, 5) is 13.4. The lowest BCUT2D eigenvalue weighted by Gasteiger charge is -2.30. The van der Waals surface area contributed by atoms with E-state index < -0.39 is 5.60 Å². The van der Waals surface area contributed by atoms with Gasteiger partial charge in [-0.2, -0.15) is 10.2 Å². The first-order valence-corrected chi connectivity index (χ1v) is 10.8. The van der Waals surface area contributed by atoms with Gasteiger partial charge in [-0.25, -0.2) is 9.36 Å². The fourth-order valence-electron chi connectivity index (χ4n) is 7.10. The van der Waals surface area contributed by atoms with Gasteiger partial charge in [0.15, 0.2) is 5.82 Å². The highest BCUT2D eigenvalue weighted by Gasteiger charge is 2.79. The van der Waals surface area contributed by atoms with Gasteiger partial charge in [0.05, 0.1) is 17.3 Å². The topological polar surface area (TPSA) is 85.0 Å². The minimum atomic E-state index is -0.452. The second-order valence-corrected chi connectivity index (χ2v) is 10.9. The van der Waals surface area contributed by atoms with E-state index in [1.165, 1.54) is 6.42 Å². The molecule has 0 radical (unpaired) electrons. The van der Waals surface area contributed by atoms with Crippen LogP contribution in [0.2, 0.25) is 0 Å². The Hall–Kier alpha value is -2.15. The van der Waals surface area contributed by atoms with Gasteiger partial charge in [0.2, 0.25) is 0 Å². The molecule has 2 N–H and O–H groups in total. The highest BCUT2D eigenvalue weighted by Crippen LogP contribution is 2.78. The van der Waals surface area contributed by atoms with Gasteiger partial charge < -0.3 is 10.4 Å². The zero-order chi connectivity index (χ0) is 20.2. The van der Waals surface area contributed by atoms with Gasteiger partial charge in [-0.1, -0.05) is 0 Å². The summed E-state index contributed by atoms with van der Waals surface area (Å²) in [5.74, 6) is 2.34. The lowest BCUT2D eigenvalue weighted by Crippen LogP contribution is -2.39. The smallest absolute Gasteiger partial charge is 0.256 e. The first-order chi connectivity index (χ1) is 13.7. The Kier molecular flexibility index (Phi) is 3.24. The fraction of sp³-hybridized carbons (Fsp3) is 0.682. The molecule has 6 unspecified atom stereocenters. The van der Waals surface area contributed by atoms with Crippen molar-refractivity contribution < 1.29 is 9.90 Å². The summed E-state index contributed by atoms with van der Waals surface area (Å²) in [6.07, 6.45) is 10.4. The molecule has 0 aliphatic heterocycles. The van der Waals surface area contributed by atoms with Crippen LogP contribution in [0.4, 0.5) is 0 Å². The third-order valence-electron chi connectivity index (χ3n) is 8.22. The second-order valence-electron chi connectivity index (χ2n) is 10.9. The molecule has 1 spiro atoms. The van der Waals surface area contributed by atoms with Crippen LogP contribution in [-0.4, -0.2) is 42.2 Å². The highest BCUT2D eigenvalue weighted by atomic mass is 16.3. The molecule has 4 aliphatic carbocycles. The molecular formula is C22H29N5O2. The quantitative estimate of drug-likeness (QED) is 0.836. The summed E-state index contributed by atoms with van der Waals surface area (Å²) in [7, 11) is 0.